The summed E-state index contributed by atoms with van der Waals surface area (Å²) < 4.78 is 0. The molecule has 1 N–H and O–H groups in total. The van der Waals surface area contributed by atoms with Crippen molar-refractivity contribution in [2.24, 2.45) is 0 Å². The summed E-state index contributed by atoms with van der Waals surface area (Å²) in [7, 11) is 3.76. The summed E-state index contributed by atoms with van der Waals surface area (Å²) in [5.41, 5.74) is 2.74. The maximum atomic E-state index is 11.9. The van der Waals surface area contributed by atoms with Crippen molar-refractivity contribution in [3.63, 3.8) is 0 Å². The third-order valence-electron chi connectivity index (χ3n) is 3.57. The fourth-order valence-corrected chi connectivity index (χ4v) is 2.02. The molecule has 0 aliphatic heterocycles. The lowest BCUT2D eigenvalue weighted by Crippen LogP contribution is -2.32. The van der Waals surface area contributed by atoms with E-state index in [0.29, 0.717) is 6.42 Å². The lowest BCUT2D eigenvalue weighted by Gasteiger charge is -2.19. The van der Waals surface area contributed by atoms with Crippen molar-refractivity contribution >= 4 is 5.91 Å². The second kappa shape index (κ2) is 7.44. The summed E-state index contributed by atoms with van der Waals surface area (Å²) in [6.45, 7) is 8.23. The molecule has 0 unspecified atom stereocenters. The highest BCUT2D eigenvalue weighted by atomic mass is 16.2. The van der Waals surface area contributed by atoms with Crippen LogP contribution in [0.1, 0.15) is 38.3 Å². The summed E-state index contributed by atoms with van der Waals surface area (Å²) in [4.78, 5) is 13.7. The van der Waals surface area contributed by atoms with Gasteiger partial charge in [0.1, 0.15) is 0 Å². The molecule has 0 atom stereocenters. The number of hydrogen-bond donors (Lipinski definition) is 1. The Morgan fingerprint density at radius 2 is 1.80 bits per heavy atom. The Morgan fingerprint density at radius 1 is 1.20 bits per heavy atom. The number of nitrogens with one attached hydrogen (secondary N) is 1. The van der Waals surface area contributed by atoms with E-state index in [0.717, 1.165) is 19.5 Å². The zero-order valence-corrected chi connectivity index (χ0v) is 13.5. The van der Waals surface area contributed by atoms with E-state index >= 15 is 0 Å². The molecule has 0 fully saturated rings. The lowest BCUT2D eigenvalue weighted by atomic mass is 9.86. The number of rotatable bonds is 6. The van der Waals surface area contributed by atoms with Crippen LogP contribution in [-0.2, 0) is 16.6 Å². The number of carbonyl (C=O) groups is 1. The first kappa shape index (κ1) is 16.7. The van der Waals surface area contributed by atoms with E-state index in [9.17, 15) is 4.79 Å². The quantitative estimate of drug-likeness (QED) is 0.866. The van der Waals surface area contributed by atoms with E-state index in [-0.39, 0.29) is 11.3 Å². The normalized spacial score (nSPS) is 11.4. The molecule has 1 aromatic rings. The van der Waals surface area contributed by atoms with Gasteiger partial charge in [0.2, 0.25) is 5.91 Å². The highest BCUT2D eigenvalue weighted by Crippen LogP contribution is 2.22. The van der Waals surface area contributed by atoms with Crippen molar-refractivity contribution in [2.75, 3.05) is 27.2 Å². The van der Waals surface area contributed by atoms with E-state index < -0.39 is 0 Å². The van der Waals surface area contributed by atoms with E-state index in [2.05, 4.69) is 50.4 Å². The van der Waals surface area contributed by atoms with Gasteiger partial charge in [-0.25, -0.2) is 0 Å². The molecule has 0 radical (unpaired) electrons. The standard InChI is InChI=1S/C17H28N2O/c1-17(2,3)15-9-6-14(7-10-15)8-11-16(20)19(5)13-12-18-4/h6-7,9-10,18H,8,11-13H2,1-5H3. The van der Waals surface area contributed by atoms with E-state index in [1.54, 1.807) is 4.90 Å². The van der Waals surface area contributed by atoms with E-state index in [4.69, 9.17) is 0 Å². The Bertz CT molecular complexity index is 418. The SMILES string of the molecule is CNCCN(C)C(=O)CCc1ccc(C(C)(C)C)cc1. The monoisotopic (exact) mass is 276 g/mol. The molecule has 112 valence electrons. The summed E-state index contributed by atoms with van der Waals surface area (Å²) >= 11 is 0. The number of benzene rings is 1. The van der Waals surface area contributed by atoms with Crippen molar-refractivity contribution < 1.29 is 4.79 Å². The summed E-state index contributed by atoms with van der Waals surface area (Å²) in [5, 5.41) is 3.05. The fraction of sp³-hybridized carbons (Fsp3) is 0.588. The van der Waals surface area contributed by atoms with Gasteiger partial charge in [0.05, 0.1) is 0 Å². The van der Waals surface area contributed by atoms with Crippen LogP contribution in [0.15, 0.2) is 24.3 Å². The Hall–Kier alpha value is -1.35. The molecule has 0 saturated heterocycles. The molecule has 20 heavy (non-hydrogen) atoms. The molecule has 1 aromatic carbocycles. The van der Waals surface area contributed by atoms with E-state index in [1.807, 2.05) is 14.1 Å². The minimum atomic E-state index is 0.182. The first-order valence-electron chi connectivity index (χ1n) is 7.32. The molecule has 0 bridgehead atoms. The molecule has 0 spiro atoms. The van der Waals surface area contributed by atoms with Gasteiger partial charge in [-0.1, -0.05) is 45.0 Å². The third kappa shape index (κ3) is 5.33. The molecule has 3 heteroatoms. The van der Waals surface area contributed by atoms with Crippen molar-refractivity contribution in [1.82, 2.24) is 10.2 Å². The highest BCUT2D eigenvalue weighted by molar-refractivity contribution is 5.76. The largest absolute Gasteiger partial charge is 0.344 e. The Kier molecular flexibility index (Phi) is 6.21. The average Bonchev–Trinajstić information content (AvgIpc) is 2.41. The number of carbonyl (C=O) groups excluding carboxylic acids is 1. The molecule has 0 aliphatic carbocycles. The third-order valence-corrected chi connectivity index (χ3v) is 3.57. The summed E-state index contributed by atoms with van der Waals surface area (Å²) in [6, 6.07) is 8.62. The average molecular weight is 276 g/mol. The first-order chi connectivity index (χ1) is 9.34. The highest BCUT2D eigenvalue weighted by Gasteiger charge is 2.13. The number of hydrogen-bond acceptors (Lipinski definition) is 2. The molecule has 3 nitrogen and oxygen atoms in total. The minimum absolute atomic E-state index is 0.182. The number of amides is 1. The smallest absolute Gasteiger partial charge is 0.222 e. The van der Waals surface area contributed by atoms with Crippen LogP contribution in [0, 0.1) is 0 Å². The van der Waals surface area contributed by atoms with Gasteiger partial charge < -0.3 is 10.2 Å². The maximum absolute atomic E-state index is 11.9. The predicted octanol–water partition coefficient (Wildman–Crippen LogP) is 2.59. The molecule has 1 rings (SSSR count). The van der Waals surface area contributed by atoms with Crippen LogP contribution in [0.25, 0.3) is 0 Å². The van der Waals surface area contributed by atoms with Crippen molar-refractivity contribution in [1.29, 1.82) is 0 Å². The second-order valence-corrected chi connectivity index (χ2v) is 6.37. The van der Waals surface area contributed by atoms with Crippen molar-refractivity contribution in [3.05, 3.63) is 35.4 Å². The molecule has 0 aromatic heterocycles. The van der Waals surface area contributed by atoms with Gasteiger partial charge in [0.25, 0.3) is 0 Å². The van der Waals surface area contributed by atoms with Crippen LogP contribution in [-0.4, -0.2) is 38.0 Å². The number of nitrogens with zero attached hydrogens (tertiary/aromatic N) is 1. The van der Waals surface area contributed by atoms with Gasteiger partial charge in [0.15, 0.2) is 0 Å². The topological polar surface area (TPSA) is 32.3 Å². The zero-order chi connectivity index (χ0) is 15.2. The predicted molar refractivity (Wildman–Crippen MR) is 85.0 cm³/mol. The van der Waals surface area contributed by atoms with Crippen LogP contribution in [0.4, 0.5) is 0 Å². The molecular formula is C17H28N2O. The van der Waals surface area contributed by atoms with Gasteiger partial charge >= 0.3 is 0 Å². The molecule has 0 heterocycles. The summed E-state index contributed by atoms with van der Waals surface area (Å²) in [6.07, 6.45) is 1.39. The molecular weight excluding hydrogens is 248 g/mol. The maximum Gasteiger partial charge on any atom is 0.222 e. The first-order valence-corrected chi connectivity index (χ1v) is 7.32. The van der Waals surface area contributed by atoms with Gasteiger partial charge in [-0.3, -0.25) is 4.79 Å². The molecule has 0 saturated carbocycles. The van der Waals surface area contributed by atoms with E-state index in [1.165, 1.54) is 11.1 Å². The Morgan fingerprint density at radius 3 is 2.30 bits per heavy atom. The van der Waals surface area contributed by atoms with Crippen LogP contribution in [0.2, 0.25) is 0 Å². The molecule has 1 amide bonds. The summed E-state index contributed by atoms with van der Waals surface area (Å²) in [5.74, 6) is 0.208. The van der Waals surface area contributed by atoms with Crippen LogP contribution < -0.4 is 5.32 Å². The zero-order valence-electron chi connectivity index (χ0n) is 13.5. The van der Waals surface area contributed by atoms with Crippen molar-refractivity contribution in [3.8, 4) is 0 Å². The Labute approximate surface area is 123 Å². The van der Waals surface area contributed by atoms with Crippen molar-refractivity contribution in [2.45, 2.75) is 39.0 Å². The van der Waals surface area contributed by atoms with Gasteiger partial charge in [0, 0.05) is 26.6 Å². The van der Waals surface area contributed by atoms with Gasteiger partial charge in [-0.2, -0.15) is 0 Å². The van der Waals surface area contributed by atoms with Gasteiger partial charge in [-0.05, 0) is 30.0 Å². The minimum Gasteiger partial charge on any atom is -0.344 e. The number of likely N-dealkylation sites (N-methyl/N-ethyl adjacent to an activating group) is 2. The molecule has 0 aliphatic rings. The Balaban J connectivity index is 2.48. The van der Waals surface area contributed by atoms with Crippen LogP contribution >= 0.6 is 0 Å². The lowest BCUT2D eigenvalue weighted by molar-refractivity contribution is -0.129. The second-order valence-electron chi connectivity index (χ2n) is 6.37. The van der Waals surface area contributed by atoms with Gasteiger partial charge in [-0.15, -0.1) is 0 Å². The fourth-order valence-electron chi connectivity index (χ4n) is 2.02. The number of aryl methyl sites for hydroxylation is 1. The van der Waals surface area contributed by atoms with Crippen LogP contribution in [0.3, 0.4) is 0 Å². The van der Waals surface area contributed by atoms with Crippen LogP contribution in [0.5, 0.6) is 0 Å².